The van der Waals surface area contributed by atoms with Gasteiger partial charge in [0.15, 0.2) is 5.96 Å². The van der Waals surface area contributed by atoms with Crippen molar-refractivity contribution < 1.29 is 13.9 Å². The summed E-state index contributed by atoms with van der Waals surface area (Å²) in [4.78, 5) is 4.09. The molecule has 0 saturated carbocycles. The molecule has 0 unspecified atom stereocenters. The van der Waals surface area contributed by atoms with E-state index in [0.29, 0.717) is 37.9 Å². The van der Waals surface area contributed by atoms with Gasteiger partial charge in [0.2, 0.25) is 0 Å². The molecule has 118 valence electrons. The van der Waals surface area contributed by atoms with Crippen LogP contribution in [0.3, 0.4) is 0 Å². The van der Waals surface area contributed by atoms with Crippen LogP contribution < -0.4 is 10.6 Å². The van der Waals surface area contributed by atoms with Crippen molar-refractivity contribution in [1.82, 2.24) is 10.6 Å². The predicted octanol–water partition coefficient (Wildman–Crippen LogP) is 1.54. The molecule has 0 radical (unpaired) electrons. The van der Waals surface area contributed by atoms with Gasteiger partial charge < -0.3 is 20.1 Å². The van der Waals surface area contributed by atoms with Gasteiger partial charge in [0.25, 0.3) is 0 Å². The number of nitrogens with zero attached hydrogens (tertiary/aromatic N) is 1. The van der Waals surface area contributed by atoms with Crippen LogP contribution in [0.2, 0.25) is 0 Å². The number of methoxy groups -OCH3 is 1. The summed E-state index contributed by atoms with van der Waals surface area (Å²) in [6.45, 7) is 3.03. The molecule has 5 nitrogen and oxygen atoms in total. The Morgan fingerprint density at radius 3 is 2.71 bits per heavy atom. The molecule has 0 atom stereocenters. The van der Waals surface area contributed by atoms with Gasteiger partial charge in [-0.15, -0.1) is 0 Å². The Hall–Kier alpha value is -1.66. The summed E-state index contributed by atoms with van der Waals surface area (Å²) in [6, 6.07) is 6.69. The maximum absolute atomic E-state index is 13.5. The quantitative estimate of drug-likeness (QED) is 0.412. The Kier molecular flexibility index (Phi) is 9.15. The van der Waals surface area contributed by atoms with E-state index in [2.05, 4.69) is 15.6 Å². The van der Waals surface area contributed by atoms with E-state index < -0.39 is 0 Å². The summed E-state index contributed by atoms with van der Waals surface area (Å²) in [7, 11) is 3.34. The molecule has 2 N–H and O–H groups in total. The highest BCUT2D eigenvalue weighted by Crippen LogP contribution is 2.05. The molecule has 0 bridgehead atoms. The van der Waals surface area contributed by atoms with Gasteiger partial charge in [0.1, 0.15) is 5.82 Å². The summed E-state index contributed by atoms with van der Waals surface area (Å²) in [6.07, 6.45) is 0.865. The fourth-order valence-corrected chi connectivity index (χ4v) is 1.67. The Bertz CT molecular complexity index is 427. The molecular formula is C15H24FN3O2. The van der Waals surface area contributed by atoms with Crippen LogP contribution in [0.25, 0.3) is 0 Å². The van der Waals surface area contributed by atoms with Crippen LogP contribution in [0.4, 0.5) is 4.39 Å². The van der Waals surface area contributed by atoms with Crippen LogP contribution in [-0.4, -0.2) is 46.5 Å². The lowest BCUT2D eigenvalue weighted by molar-refractivity contribution is 0.0698. The van der Waals surface area contributed by atoms with Crippen LogP contribution in [0.5, 0.6) is 0 Å². The van der Waals surface area contributed by atoms with Crippen LogP contribution in [0, 0.1) is 5.82 Å². The largest absolute Gasteiger partial charge is 0.382 e. The van der Waals surface area contributed by atoms with E-state index in [0.717, 1.165) is 13.0 Å². The van der Waals surface area contributed by atoms with Gasteiger partial charge in [0, 0.05) is 39.4 Å². The average Bonchev–Trinajstić information content (AvgIpc) is 2.51. The van der Waals surface area contributed by atoms with Crippen molar-refractivity contribution in [2.45, 2.75) is 13.0 Å². The molecule has 0 spiro atoms. The summed E-state index contributed by atoms with van der Waals surface area (Å²) >= 11 is 0. The van der Waals surface area contributed by atoms with Gasteiger partial charge >= 0.3 is 0 Å². The monoisotopic (exact) mass is 297 g/mol. The normalized spacial score (nSPS) is 11.5. The third-order valence-electron chi connectivity index (χ3n) is 2.82. The van der Waals surface area contributed by atoms with Gasteiger partial charge in [-0.1, -0.05) is 18.2 Å². The Balaban J connectivity index is 2.16. The first-order valence-electron chi connectivity index (χ1n) is 7.02. The first kappa shape index (κ1) is 17.4. The maximum atomic E-state index is 13.5. The van der Waals surface area contributed by atoms with E-state index in [9.17, 15) is 4.39 Å². The second kappa shape index (κ2) is 11.0. The Morgan fingerprint density at radius 2 is 2.00 bits per heavy atom. The SMILES string of the molecule is CN=C(NCCCOCCOC)NCc1ccccc1F. The van der Waals surface area contributed by atoms with Gasteiger partial charge in [-0.25, -0.2) is 4.39 Å². The molecule has 1 rings (SSSR count). The highest BCUT2D eigenvalue weighted by atomic mass is 19.1. The third-order valence-corrected chi connectivity index (χ3v) is 2.82. The van der Waals surface area contributed by atoms with Crippen molar-refractivity contribution in [3.8, 4) is 0 Å². The molecule has 0 saturated heterocycles. The molecular weight excluding hydrogens is 273 g/mol. The summed E-state index contributed by atoms with van der Waals surface area (Å²) in [5.74, 6) is 0.433. The number of nitrogens with one attached hydrogen (secondary N) is 2. The molecule has 1 aromatic carbocycles. The number of guanidine groups is 1. The standard InChI is InChI=1S/C15H24FN3O2/c1-17-15(18-8-5-9-21-11-10-20-2)19-12-13-6-3-4-7-14(13)16/h3-4,6-7H,5,8-12H2,1-2H3,(H2,17,18,19). The van der Waals surface area contributed by atoms with Gasteiger partial charge in [-0.05, 0) is 12.5 Å². The molecule has 0 aromatic heterocycles. The number of benzene rings is 1. The third kappa shape index (κ3) is 7.63. The lowest BCUT2D eigenvalue weighted by Gasteiger charge is -2.12. The number of aliphatic imine (C=N–C) groups is 1. The van der Waals surface area contributed by atoms with Gasteiger partial charge in [-0.3, -0.25) is 4.99 Å². The number of rotatable bonds is 9. The lowest BCUT2D eigenvalue weighted by atomic mass is 10.2. The molecule has 0 aliphatic carbocycles. The second-order valence-corrected chi connectivity index (χ2v) is 4.40. The summed E-state index contributed by atoms with van der Waals surface area (Å²) < 4.78 is 23.7. The molecule has 1 aromatic rings. The van der Waals surface area contributed by atoms with Crippen molar-refractivity contribution in [3.63, 3.8) is 0 Å². The van der Waals surface area contributed by atoms with Crippen molar-refractivity contribution in [2.75, 3.05) is 40.5 Å². The van der Waals surface area contributed by atoms with Crippen LogP contribution in [-0.2, 0) is 16.0 Å². The van der Waals surface area contributed by atoms with Crippen LogP contribution in [0.1, 0.15) is 12.0 Å². The highest BCUT2D eigenvalue weighted by molar-refractivity contribution is 5.79. The first-order chi connectivity index (χ1) is 10.3. The molecule has 0 aliphatic rings. The molecule has 6 heteroatoms. The fraction of sp³-hybridized carbons (Fsp3) is 0.533. The number of hydrogen-bond donors (Lipinski definition) is 2. The summed E-state index contributed by atoms with van der Waals surface area (Å²) in [5, 5.41) is 6.23. The zero-order valence-corrected chi connectivity index (χ0v) is 12.7. The highest BCUT2D eigenvalue weighted by Gasteiger charge is 2.02. The van der Waals surface area contributed by atoms with Gasteiger partial charge in [-0.2, -0.15) is 0 Å². The topological polar surface area (TPSA) is 54.9 Å². The van der Waals surface area contributed by atoms with E-state index in [1.54, 1.807) is 26.3 Å². The van der Waals surface area contributed by atoms with Crippen LogP contribution in [0.15, 0.2) is 29.3 Å². The first-order valence-corrected chi connectivity index (χ1v) is 7.02. The van der Waals surface area contributed by atoms with E-state index >= 15 is 0 Å². The molecule has 0 heterocycles. The average molecular weight is 297 g/mol. The van der Waals surface area contributed by atoms with E-state index in [4.69, 9.17) is 9.47 Å². The fourth-order valence-electron chi connectivity index (χ4n) is 1.67. The second-order valence-electron chi connectivity index (χ2n) is 4.40. The van der Waals surface area contributed by atoms with Gasteiger partial charge in [0.05, 0.1) is 13.2 Å². The van der Waals surface area contributed by atoms with Crippen molar-refractivity contribution in [3.05, 3.63) is 35.6 Å². The molecule has 21 heavy (non-hydrogen) atoms. The Labute approximate surface area is 125 Å². The zero-order chi connectivity index (χ0) is 15.3. The molecule has 0 fully saturated rings. The van der Waals surface area contributed by atoms with E-state index in [1.165, 1.54) is 6.07 Å². The molecule has 0 aliphatic heterocycles. The van der Waals surface area contributed by atoms with Crippen molar-refractivity contribution in [2.24, 2.45) is 4.99 Å². The van der Waals surface area contributed by atoms with E-state index in [-0.39, 0.29) is 5.82 Å². The van der Waals surface area contributed by atoms with Crippen molar-refractivity contribution >= 4 is 5.96 Å². The van der Waals surface area contributed by atoms with E-state index in [1.807, 2.05) is 6.07 Å². The van der Waals surface area contributed by atoms with Crippen LogP contribution >= 0.6 is 0 Å². The smallest absolute Gasteiger partial charge is 0.191 e. The summed E-state index contributed by atoms with van der Waals surface area (Å²) in [5.41, 5.74) is 0.614. The van der Waals surface area contributed by atoms with Crippen molar-refractivity contribution in [1.29, 1.82) is 0 Å². The predicted molar refractivity (Wildman–Crippen MR) is 81.9 cm³/mol. The number of ether oxygens (including phenoxy) is 2. The molecule has 0 amide bonds. The minimum Gasteiger partial charge on any atom is -0.382 e. The minimum atomic E-state index is -0.216. The number of hydrogen-bond acceptors (Lipinski definition) is 3. The minimum absolute atomic E-state index is 0.216. The Morgan fingerprint density at radius 1 is 1.19 bits per heavy atom. The lowest BCUT2D eigenvalue weighted by Crippen LogP contribution is -2.37. The number of halogens is 1. The maximum Gasteiger partial charge on any atom is 0.191 e. The zero-order valence-electron chi connectivity index (χ0n) is 12.7.